The van der Waals surface area contributed by atoms with Gasteiger partial charge in [0.1, 0.15) is 5.69 Å². The fourth-order valence-electron chi connectivity index (χ4n) is 1.76. The molecule has 3 aromatic rings. The van der Waals surface area contributed by atoms with E-state index in [-0.39, 0.29) is 24.0 Å². The molecule has 3 rings (SSSR count). The first-order chi connectivity index (χ1) is 11.2. The lowest BCUT2D eigenvalue weighted by molar-refractivity contribution is -0.115. The van der Waals surface area contributed by atoms with Crippen molar-refractivity contribution in [1.29, 1.82) is 0 Å². The number of nitrogens with one attached hydrogen (secondary N) is 3. The minimum Gasteiger partial charge on any atom is -0.302 e. The molecule has 9 nitrogen and oxygen atoms in total. The highest BCUT2D eigenvalue weighted by atomic mass is 32.1. The number of aromatic nitrogens is 5. The van der Waals surface area contributed by atoms with E-state index < -0.39 is 5.91 Å². The lowest BCUT2D eigenvalue weighted by atomic mass is 10.1. The molecule has 0 saturated carbocycles. The zero-order chi connectivity index (χ0) is 16.1. The Hall–Kier alpha value is -3.14. The van der Waals surface area contributed by atoms with Crippen LogP contribution in [0.1, 0.15) is 16.1 Å². The summed E-state index contributed by atoms with van der Waals surface area (Å²) >= 11 is 1.16. The highest BCUT2D eigenvalue weighted by molar-refractivity contribution is 7.14. The van der Waals surface area contributed by atoms with Crippen LogP contribution in [0.3, 0.4) is 0 Å². The summed E-state index contributed by atoms with van der Waals surface area (Å²) in [5, 5.41) is 19.7. The van der Waals surface area contributed by atoms with Gasteiger partial charge in [-0.15, -0.1) is 16.4 Å². The van der Waals surface area contributed by atoms with Crippen LogP contribution < -0.4 is 10.6 Å². The Labute approximate surface area is 134 Å². The topological polar surface area (TPSA) is 126 Å². The van der Waals surface area contributed by atoms with E-state index in [1.54, 1.807) is 0 Å². The number of benzene rings is 1. The Kier molecular flexibility index (Phi) is 4.34. The molecule has 10 heteroatoms. The highest BCUT2D eigenvalue weighted by Gasteiger charge is 2.14. The predicted octanol–water partition coefficient (Wildman–Crippen LogP) is 1.09. The first kappa shape index (κ1) is 14.8. The minimum absolute atomic E-state index is 0.0534. The second-order valence-electron chi connectivity index (χ2n) is 4.44. The maximum Gasteiger partial charge on any atom is 0.277 e. The van der Waals surface area contributed by atoms with E-state index in [4.69, 9.17) is 0 Å². The van der Waals surface area contributed by atoms with E-state index >= 15 is 0 Å². The van der Waals surface area contributed by atoms with Gasteiger partial charge in [0.05, 0.1) is 6.42 Å². The Bertz CT molecular complexity index is 801. The summed E-state index contributed by atoms with van der Waals surface area (Å²) in [5.74, 6) is -0.625. The van der Waals surface area contributed by atoms with Crippen molar-refractivity contribution >= 4 is 34.2 Å². The van der Waals surface area contributed by atoms with Gasteiger partial charge in [0.2, 0.25) is 5.91 Å². The molecular formula is C13H11N7O2S. The fourth-order valence-corrected chi connectivity index (χ4v) is 2.47. The Balaban J connectivity index is 1.58. The molecule has 0 saturated heterocycles. The van der Waals surface area contributed by atoms with Crippen LogP contribution >= 0.6 is 11.3 Å². The molecule has 0 unspecified atom stereocenters. The molecule has 0 spiro atoms. The number of carbonyl (C=O) groups excluding carboxylic acids is 2. The molecule has 0 aliphatic heterocycles. The molecule has 23 heavy (non-hydrogen) atoms. The van der Waals surface area contributed by atoms with Crippen LogP contribution in [0, 0.1) is 0 Å². The number of hydrogen-bond acceptors (Lipinski definition) is 7. The number of aromatic amines is 1. The average molecular weight is 329 g/mol. The number of tetrazole rings is 1. The third kappa shape index (κ3) is 3.95. The fraction of sp³-hybridized carbons (Fsp3) is 0.0769. The summed E-state index contributed by atoms with van der Waals surface area (Å²) in [7, 11) is 0. The minimum atomic E-state index is -0.480. The maximum absolute atomic E-state index is 11.9. The van der Waals surface area contributed by atoms with Crippen LogP contribution in [0.25, 0.3) is 0 Å². The highest BCUT2D eigenvalue weighted by Crippen LogP contribution is 2.16. The van der Waals surface area contributed by atoms with Gasteiger partial charge >= 0.3 is 0 Å². The van der Waals surface area contributed by atoms with Gasteiger partial charge in [0, 0.05) is 5.38 Å². The third-order valence-corrected chi connectivity index (χ3v) is 3.52. The van der Waals surface area contributed by atoms with E-state index in [0.717, 1.165) is 16.9 Å². The summed E-state index contributed by atoms with van der Waals surface area (Å²) in [6.07, 6.45) is 0.241. The molecule has 0 bridgehead atoms. The molecule has 0 atom stereocenters. The average Bonchev–Trinajstić information content (AvgIpc) is 3.20. The first-order valence-electron chi connectivity index (χ1n) is 6.55. The molecule has 0 radical (unpaired) electrons. The normalized spacial score (nSPS) is 10.3. The van der Waals surface area contributed by atoms with Gasteiger partial charge in [-0.05, 0) is 10.8 Å². The standard InChI is InChI=1S/C13H11N7O2S/c21-10(6-8-4-2-1-3-5-8)15-13-14-9(7-23-13)11(22)16-12-17-19-20-18-12/h1-5,7H,6H2,(H,14,15,21)(H2,16,17,18,19,20,22). The Morgan fingerprint density at radius 3 is 2.74 bits per heavy atom. The maximum atomic E-state index is 11.9. The van der Waals surface area contributed by atoms with Crippen molar-refractivity contribution in [1.82, 2.24) is 25.6 Å². The van der Waals surface area contributed by atoms with E-state index in [9.17, 15) is 9.59 Å². The van der Waals surface area contributed by atoms with Crippen molar-refractivity contribution in [2.45, 2.75) is 6.42 Å². The Morgan fingerprint density at radius 1 is 1.17 bits per heavy atom. The zero-order valence-corrected chi connectivity index (χ0v) is 12.5. The molecule has 0 fully saturated rings. The van der Waals surface area contributed by atoms with Gasteiger partial charge in [-0.25, -0.2) is 4.98 Å². The van der Waals surface area contributed by atoms with Crippen molar-refractivity contribution in [2.75, 3.05) is 10.6 Å². The van der Waals surface area contributed by atoms with Gasteiger partial charge < -0.3 is 5.32 Å². The third-order valence-electron chi connectivity index (χ3n) is 2.76. The molecular weight excluding hydrogens is 318 g/mol. The number of thiazole rings is 1. The van der Waals surface area contributed by atoms with Gasteiger partial charge in [0.15, 0.2) is 5.13 Å². The molecule has 0 aliphatic carbocycles. The van der Waals surface area contributed by atoms with E-state index in [1.807, 2.05) is 30.3 Å². The predicted molar refractivity (Wildman–Crippen MR) is 83.0 cm³/mol. The number of anilines is 2. The number of amides is 2. The van der Waals surface area contributed by atoms with Gasteiger partial charge in [-0.3, -0.25) is 14.9 Å². The monoisotopic (exact) mass is 329 g/mol. The van der Waals surface area contributed by atoms with E-state index in [2.05, 4.69) is 36.2 Å². The van der Waals surface area contributed by atoms with Crippen molar-refractivity contribution in [3.05, 3.63) is 47.0 Å². The summed E-state index contributed by atoms with van der Waals surface area (Å²) in [6.45, 7) is 0. The molecule has 3 N–H and O–H groups in total. The molecule has 2 amide bonds. The Morgan fingerprint density at radius 2 is 2.00 bits per heavy atom. The summed E-state index contributed by atoms with van der Waals surface area (Å²) in [5.41, 5.74) is 1.06. The summed E-state index contributed by atoms with van der Waals surface area (Å²) in [4.78, 5) is 27.9. The number of rotatable bonds is 5. The molecule has 1 aromatic carbocycles. The zero-order valence-electron chi connectivity index (χ0n) is 11.7. The van der Waals surface area contributed by atoms with Crippen molar-refractivity contribution in [3.63, 3.8) is 0 Å². The van der Waals surface area contributed by atoms with Crippen molar-refractivity contribution < 1.29 is 9.59 Å². The first-order valence-corrected chi connectivity index (χ1v) is 7.43. The molecule has 2 aromatic heterocycles. The van der Waals surface area contributed by atoms with Crippen LogP contribution in [-0.4, -0.2) is 37.4 Å². The smallest absolute Gasteiger partial charge is 0.277 e. The number of carbonyl (C=O) groups is 2. The van der Waals surface area contributed by atoms with Gasteiger partial charge in [0.25, 0.3) is 11.9 Å². The summed E-state index contributed by atoms with van der Waals surface area (Å²) in [6, 6.07) is 9.35. The van der Waals surface area contributed by atoms with Crippen molar-refractivity contribution in [2.24, 2.45) is 0 Å². The van der Waals surface area contributed by atoms with Crippen LogP contribution in [0.15, 0.2) is 35.7 Å². The van der Waals surface area contributed by atoms with Crippen LogP contribution in [0.4, 0.5) is 11.1 Å². The van der Waals surface area contributed by atoms with Crippen molar-refractivity contribution in [3.8, 4) is 0 Å². The SMILES string of the molecule is O=C(Cc1ccccc1)Nc1nc(C(=O)Nc2nn[nH]n2)cs1. The van der Waals surface area contributed by atoms with Gasteiger partial charge in [-0.1, -0.05) is 35.4 Å². The van der Waals surface area contributed by atoms with Crippen LogP contribution in [0.2, 0.25) is 0 Å². The van der Waals surface area contributed by atoms with Crippen LogP contribution in [-0.2, 0) is 11.2 Å². The number of H-pyrrole nitrogens is 1. The van der Waals surface area contributed by atoms with Gasteiger partial charge in [-0.2, -0.15) is 5.21 Å². The van der Waals surface area contributed by atoms with E-state index in [1.165, 1.54) is 5.38 Å². The quantitative estimate of drug-likeness (QED) is 0.643. The number of nitrogens with zero attached hydrogens (tertiary/aromatic N) is 4. The van der Waals surface area contributed by atoms with Crippen LogP contribution in [0.5, 0.6) is 0 Å². The largest absolute Gasteiger partial charge is 0.302 e. The molecule has 0 aliphatic rings. The molecule has 116 valence electrons. The lowest BCUT2D eigenvalue weighted by Gasteiger charge is -2.01. The lowest BCUT2D eigenvalue weighted by Crippen LogP contribution is -2.16. The second-order valence-corrected chi connectivity index (χ2v) is 5.30. The summed E-state index contributed by atoms with van der Waals surface area (Å²) < 4.78 is 0. The van der Waals surface area contributed by atoms with E-state index in [0.29, 0.717) is 5.13 Å². The number of hydrogen-bond donors (Lipinski definition) is 3. The molecule has 2 heterocycles. The second kappa shape index (κ2) is 6.75.